The van der Waals surface area contributed by atoms with Crippen molar-refractivity contribution in [2.24, 2.45) is 0 Å². The molecule has 0 aromatic heterocycles. The number of benzene rings is 2. The summed E-state index contributed by atoms with van der Waals surface area (Å²) in [4.78, 5) is 24.6. The molecule has 0 radical (unpaired) electrons. The van der Waals surface area contributed by atoms with E-state index in [0.29, 0.717) is 35.8 Å². The van der Waals surface area contributed by atoms with E-state index in [4.69, 9.17) is 9.47 Å². The molecule has 0 heterocycles. The highest BCUT2D eigenvalue weighted by Gasteiger charge is 2.13. The van der Waals surface area contributed by atoms with E-state index in [9.17, 15) is 9.59 Å². The van der Waals surface area contributed by atoms with Crippen LogP contribution >= 0.6 is 0 Å². The minimum Gasteiger partial charge on any atom is -0.494 e. The molecule has 0 spiro atoms. The van der Waals surface area contributed by atoms with Gasteiger partial charge in [0.2, 0.25) is 0 Å². The second-order valence-corrected chi connectivity index (χ2v) is 5.98. The molecule has 0 aliphatic heterocycles. The van der Waals surface area contributed by atoms with E-state index in [2.05, 4.69) is 17.8 Å². The van der Waals surface area contributed by atoms with Gasteiger partial charge in [0.05, 0.1) is 18.8 Å². The van der Waals surface area contributed by atoms with Crippen LogP contribution in [0.15, 0.2) is 48.5 Å². The Morgan fingerprint density at radius 1 is 0.815 bits per heavy atom. The number of carbonyl (C=O) groups excluding carboxylic acids is 2. The summed E-state index contributed by atoms with van der Waals surface area (Å²) in [6.07, 6.45) is 2.88. The van der Waals surface area contributed by atoms with Gasteiger partial charge in [-0.2, -0.15) is 0 Å². The molecular weight excluding hydrogens is 344 g/mol. The molecule has 0 unspecified atom stereocenters. The van der Waals surface area contributed by atoms with E-state index in [1.54, 1.807) is 48.5 Å². The zero-order chi connectivity index (χ0) is 19.5. The number of unbranched alkanes of at least 4 members (excludes halogenated alkanes) is 1. The van der Waals surface area contributed by atoms with Gasteiger partial charge in [0.25, 0.3) is 11.8 Å². The molecule has 2 amide bonds. The maximum atomic E-state index is 12.3. The van der Waals surface area contributed by atoms with Gasteiger partial charge in [-0.25, -0.2) is 0 Å². The van der Waals surface area contributed by atoms with Crippen molar-refractivity contribution in [1.82, 2.24) is 10.9 Å². The molecule has 0 aliphatic carbocycles. The van der Waals surface area contributed by atoms with Crippen molar-refractivity contribution in [3.05, 3.63) is 59.7 Å². The van der Waals surface area contributed by atoms with Gasteiger partial charge < -0.3 is 9.47 Å². The molecule has 6 heteroatoms. The minimum atomic E-state index is -0.436. The molecule has 0 aliphatic rings. The quantitative estimate of drug-likeness (QED) is 0.521. The van der Waals surface area contributed by atoms with Gasteiger partial charge >= 0.3 is 0 Å². The molecule has 0 saturated heterocycles. The lowest BCUT2D eigenvalue weighted by molar-refractivity contribution is 0.0844. The smallest absolute Gasteiger partial charge is 0.273 e. The number of carbonyl (C=O) groups is 2. The van der Waals surface area contributed by atoms with Crippen molar-refractivity contribution in [3.63, 3.8) is 0 Å². The Morgan fingerprint density at radius 2 is 1.52 bits per heavy atom. The SMILES string of the molecule is CCCCOc1ccc(C(=O)NNC(=O)c2ccccc2OCCC)cc1. The topological polar surface area (TPSA) is 76.7 Å². The van der Waals surface area contributed by atoms with E-state index in [-0.39, 0.29) is 0 Å². The maximum Gasteiger partial charge on any atom is 0.273 e. The van der Waals surface area contributed by atoms with Crippen LogP contribution in [0.25, 0.3) is 0 Å². The van der Waals surface area contributed by atoms with Crippen LogP contribution in [0.3, 0.4) is 0 Å². The second kappa shape index (κ2) is 10.9. The molecule has 0 fully saturated rings. The predicted octanol–water partition coefficient (Wildman–Crippen LogP) is 3.73. The van der Waals surface area contributed by atoms with Crippen molar-refractivity contribution in [3.8, 4) is 11.5 Å². The first-order valence-electron chi connectivity index (χ1n) is 9.21. The Balaban J connectivity index is 1.90. The average molecular weight is 370 g/mol. The van der Waals surface area contributed by atoms with E-state index >= 15 is 0 Å². The summed E-state index contributed by atoms with van der Waals surface area (Å²) in [7, 11) is 0. The summed E-state index contributed by atoms with van der Waals surface area (Å²) in [5.74, 6) is 0.357. The van der Waals surface area contributed by atoms with Crippen LogP contribution in [0.4, 0.5) is 0 Å². The van der Waals surface area contributed by atoms with Crippen LogP contribution in [0, 0.1) is 0 Å². The summed E-state index contributed by atoms with van der Waals surface area (Å²) in [5, 5.41) is 0. The number of rotatable bonds is 9. The first-order valence-corrected chi connectivity index (χ1v) is 9.21. The number of ether oxygens (including phenoxy) is 2. The summed E-state index contributed by atoms with van der Waals surface area (Å²) in [6.45, 7) is 5.25. The van der Waals surface area contributed by atoms with E-state index in [1.807, 2.05) is 6.92 Å². The Kier molecular flexibility index (Phi) is 8.16. The van der Waals surface area contributed by atoms with Crippen LogP contribution in [-0.4, -0.2) is 25.0 Å². The third kappa shape index (κ3) is 6.33. The molecule has 0 bridgehead atoms. The highest BCUT2D eigenvalue weighted by Crippen LogP contribution is 2.18. The molecule has 0 saturated carbocycles. The summed E-state index contributed by atoms with van der Waals surface area (Å²) in [5.41, 5.74) is 5.63. The highest BCUT2D eigenvalue weighted by atomic mass is 16.5. The number of amides is 2. The summed E-state index contributed by atoms with van der Waals surface area (Å²) in [6, 6.07) is 13.7. The first-order chi connectivity index (χ1) is 13.2. The molecule has 144 valence electrons. The van der Waals surface area contributed by atoms with Gasteiger partial charge in [0.1, 0.15) is 11.5 Å². The van der Waals surface area contributed by atoms with Gasteiger partial charge in [-0.15, -0.1) is 0 Å². The number of hydrazine groups is 1. The number of nitrogens with one attached hydrogen (secondary N) is 2. The summed E-state index contributed by atoms with van der Waals surface area (Å²) >= 11 is 0. The number of hydrogen-bond donors (Lipinski definition) is 2. The van der Waals surface area contributed by atoms with Crippen LogP contribution in [0.1, 0.15) is 53.8 Å². The fraction of sp³-hybridized carbons (Fsp3) is 0.333. The van der Waals surface area contributed by atoms with Crippen LogP contribution in [-0.2, 0) is 0 Å². The molecule has 27 heavy (non-hydrogen) atoms. The fourth-order valence-electron chi connectivity index (χ4n) is 2.28. The van der Waals surface area contributed by atoms with Gasteiger partial charge in [-0.05, 0) is 49.2 Å². The number of hydrogen-bond acceptors (Lipinski definition) is 4. The van der Waals surface area contributed by atoms with Gasteiger partial charge in [0.15, 0.2) is 0 Å². The Hall–Kier alpha value is -3.02. The van der Waals surface area contributed by atoms with Crippen LogP contribution < -0.4 is 20.3 Å². The molecule has 2 aromatic carbocycles. The zero-order valence-electron chi connectivity index (χ0n) is 15.8. The normalized spacial score (nSPS) is 10.1. The molecule has 2 N–H and O–H groups in total. The zero-order valence-corrected chi connectivity index (χ0v) is 15.8. The lowest BCUT2D eigenvalue weighted by Gasteiger charge is -2.12. The van der Waals surface area contributed by atoms with E-state index < -0.39 is 11.8 Å². The monoisotopic (exact) mass is 370 g/mol. The third-order valence-electron chi connectivity index (χ3n) is 3.77. The van der Waals surface area contributed by atoms with E-state index in [1.165, 1.54) is 0 Å². The van der Waals surface area contributed by atoms with Crippen LogP contribution in [0.2, 0.25) is 0 Å². The van der Waals surface area contributed by atoms with Gasteiger partial charge in [-0.1, -0.05) is 32.4 Å². The first kappa shape index (κ1) is 20.3. The molecule has 0 atom stereocenters. The predicted molar refractivity (Wildman–Crippen MR) is 104 cm³/mol. The van der Waals surface area contributed by atoms with Crippen LogP contribution in [0.5, 0.6) is 11.5 Å². The standard InChI is InChI=1S/C21H26N2O4/c1-3-5-15-26-17-12-10-16(11-13-17)20(24)22-23-21(25)18-8-6-7-9-19(18)27-14-4-2/h6-13H,3-5,14-15H2,1-2H3,(H,22,24)(H,23,25). The Labute approximate surface area is 159 Å². The van der Waals surface area contributed by atoms with Crippen molar-refractivity contribution < 1.29 is 19.1 Å². The fourth-order valence-corrected chi connectivity index (χ4v) is 2.28. The molecule has 2 aromatic rings. The Bertz CT molecular complexity index is 744. The number of para-hydroxylation sites is 1. The third-order valence-corrected chi connectivity index (χ3v) is 3.77. The van der Waals surface area contributed by atoms with Gasteiger partial charge in [0, 0.05) is 5.56 Å². The van der Waals surface area contributed by atoms with Crippen molar-refractivity contribution in [2.45, 2.75) is 33.1 Å². The maximum absolute atomic E-state index is 12.3. The molecular formula is C21H26N2O4. The van der Waals surface area contributed by atoms with Crippen molar-refractivity contribution in [1.29, 1.82) is 0 Å². The largest absolute Gasteiger partial charge is 0.494 e. The van der Waals surface area contributed by atoms with E-state index in [0.717, 1.165) is 19.3 Å². The lowest BCUT2D eigenvalue weighted by atomic mass is 10.2. The van der Waals surface area contributed by atoms with Crippen molar-refractivity contribution >= 4 is 11.8 Å². The van der Waals surface area contributed by atoms with Gasteiger partial charge in [-0.3, -0.25) is 20.4 Å². The average Bonchev–Trinajstić information content (AvgIpc) is 2.71. The summed E-state index contributed by atoms with van der Waals surface area (Å²) < 4.78 is 11.1. The molecule has 6 nitrogen and oxygen atoms in total. The second-order valence-electron chi connectivity index (χ2n) is 5.98. The van der Waals surface area contributed by atoms with Crippen molar-refractivity contribution in [2.75, 3.05) is 13.2 Å². The highest BCUT2D eigenvalue weighted by molar-refractivity contribution is 6.00. The Morgan fingerprint density at radius 3 is 2.22 bits per heavy atom. The minimum absolute atomic E-state index is 0.367. The lowest BCUT2D eigenvalue weighted by Crippen LogP contribution is -2.41. The molecule has 2 rings (SSSR count).